The Balaban J connectivity index is 1.56. The maximum absolute atomic E-state index is 12.9. The van der Waals surface area contributed by atoms with E-state index in [1.54, 1.807) is 18.3 Å². The van der Waals surface area contributed by atoms with E-state index >= 15 is 0 Å². The normalized spacial score (nSPS) is 21.0. The summed E-state index contributed by atoms with van der Waals surface area (Å²) in [6.07, 6.45) is 2.40. The molecule has 24 heavy (non-hydrogen) atoms. The molecule has 0 spiro atoms. The summed E-state index contributed by atoms with van der Waals surface area (Å²) in [5.41, 5.74) is 0.208. The third kappa shape index (κ3) is 4.01. The fourth-order valence-corrected chi connectivity index (χ4v) is 2.97. The Morgan fingerprint density at radius 3 is 2.88 bits per heavy atom. The number of pyridine rings is 1. The smallest absolute Gasteiger partial charge is 0.130 e. The molecule has 1 aliphatic heterocycles. The second-order valence-electron chi connectivity index (χ2n) is 6.19. The van der Waals surface area contributed by atoms with Crippen molar-refractivity contribution in [3.05, 3.63) is 54.0 Å². The maximum atomic E-state index is 12.9. The van der Waals surface area contributed by atoms with E-state index in [-0.39, 0.29) is 12.4 Å². The Labute approximate surface area is 141 Å². The lowest BCUT2D eigenvalue weighted by Gasteiger charge is -2.24. The Bertz CT molecular complexity index is 680. The van der Waals surface area contributed by atoms with Crippen LogP contribution in [0.1, 0.15) is 12.0 Å². The molecule has 0 amide bonds. The number of hydrogen-bond acceptors (Lipinski definition) is 5. The molecule has 6 heteroatoms. The number of rotatable bonds is 6. The first kappa shape index (κ1) is 16.7. The topological polar surface area (TPSA) is 57.6 Å². The number of nitrogens with one attached hydrogen (secondary N) is 1. The number of hydrogen-bond donors (Lipinski definition) is 2. The van der Waals surface area contributed by atoms with Crippen LogP contribution in [0.3, 0.4) is 0 Å². The molecule has 1 aromatic carbocycles. The number of nitrogens with zero attached hydrogens (tertiary/aromatic N) is 2. The van der Waals surface area contributed by atoms with Crippen molar-refractivity contribution in [2.75, 3.05) is 32.1 Å². The molecule has 2 heterocycles. The van der Waals surface area contributed by atoms with E-state index in [0.717, 1.165) is 24.5 Å². The summed E-state index contributed by atoms with van der Waals surface area (Å²) < 4.78 is 18.5. The molecule has 5 nitrogen and oxygen atoms in total. The highest BCUT2D eigenvalue weighted by Crippen LogP contribution is 2.25. The first-order valence-electron chi connectivity index (χ1n) is 8.03. The Morgan fingerprint density at radius 1 is 1.33 bits per heavy atom. The van der Waals surface area contributed by atoms with Gasteiger partial charge in [0.15, 0.2) is 0 Å². The van der Waals surface area contributed by atoms with E-state index in [1.807, 2.05) is 19.2 Å². The Morgan fingerprint density at radius 2 is 2.12 bits per heavy atom. The minimum Gasteiger partial charge on any atom is -0.491 e. The van der Waals surface area contributed by atoms with Crippen LogP contribution in [0.4, 0.5) is 10.2 Å². The molecule has 0 aliphatic carbocycles. The quantitative estimate of drug-likeness (QED) is 0.850. The first-order chi connectivity index (χ1) is 11.6. The van der Waals surface area contributed by atoms with Crippen LogP contribution in [0.2, 0.25) is 0 Å². The molecule has 0 bridgehead atoms. The number of β-amino-alcohol motifs (C(OH)–C–C–N with tert-alkyl or cyclic N) is 1. The molecule has 1 saturated heterocycles. The van der Waals surface area contributed by atoms with Gasteiger partial charge >= 0.3 is 0 Å². The van der Waals surface area contributed by atoms with Crippen molar-refractivity contribution in [2.45, 2.75) is 18.6 Å². The zero-order valence-electron chi connectivity index (χ0n) is 13.7. The van der Waals surface area contributed by atoms with Gasteiger partial charge in [-0.25, -0.2) is 9.37 Å². The average Bonchev–Trinajstić information content (AvgIpc) is 2.96. The largest absolute Gasteiger partial charge is 0.491 e. The number of benzene rings is 1. The van der Waals surface area contributed by atoms with Gasteiger partial charge in [0.2, 0.25) is 0 Å². The number of aromatic nitrogens is 1. The van der Waals surface area contributed by atoms with E-state index < -0.39 is 5.60 Å². The van der Waals surface area contributed by atoms with Gasteiger partial charge < -0.3 is 15.2 Å². The molecule has 0 saturated carbocycles. The molecule has 3 rings (SSSR count). The van der Waals surface area contributed by atoms with Crippen LogP contribution >= 0.6 is 0 Å². The monoisotopic (exact) mass is 331 g/mol. The number of halogens is 1. The summed E-state index contributed by atoms with van der Waals surface area (Å²) in [6, 6.07) is 9.78. The van der Waals surface area contributed by atoms with Gasteiger partial charge in [-0.15, -0.1) is 0 Å². The lowest BCUT2D eigenvalue weighted by Crippen LogP contribution is -2.39. The molecule has 1 aliphatic rings. The van der Waals surface area contributed by atoms with Crippen LogP contribution in [-0.2, 0) is 6.54 Å². The maximum Gasteiger partial charge on any atom is 0.130 e. The highest BCUT2D eigenvalue weighted by atomic mass is 19.1. The molecule has 2 N–H and O–H groups in total. The Hall–Kier alpha value is -2.18. The SMILES string of the molecule is CNc1ncccc1CN1CC[C@](O)(COc2ccc(F)cc2)C1. The zero-order chi connectivity index (χ0) is 17.0. The number of aliphatic hydroxyl groups is 1. The summed E-state index contributed by atoms with van der Waals surface area (Å²) in [7, 11) is 1.85. The molecule has 1 aromatic heterocycles. The zero-order valence-corrected chi connectivity index (χ0v) is 13.7. The van der Waals surface area contributed by atoms with Crippen molar-refractivity contribution < 1.29 is 14.2 Å². The van der Waals surface area contributed by atoms with Crippen LogP contribution in [0, 0.1) is 5.82 Å². The van der Waals surface area contributed by atoms with Gasteiger partial charge in [0, 0.05) is 38.4 Å². The highest BCUT2D eigenvalue weighted by molar-refractivity contribution is 5.42. The minimum absolute atomic E-state index is 0.195. The van der Waals surface area contributed by atoms with Gasteiger partial charge in [-0.05, 0) is 36.8 Å². The molecule has 1 fully saturated rings. The molecule has 0 unspecified atom stereocenters. The third-order valence-corrected chi connectivity index (χ3v) is 4.25. The molecule has 1 atom stereocenters. The van der Waals surface area contributed by atoms with Crippen molar-refractivity contribution in [3.8, 4) is 5.75 Å². The van der Waals surface area contributed by atoms with Crippen LogP contribution in [-0.4, -0.2) is 47.3 Å². The summed E-state index contributed by atoms with van der Waals surface area (Å²) >= 11 is 0. The van der Waals surface area contributed by atoms with Crippen LogP contribution < -0.4 is 10.1 Å². The van der Waals surface area contributed by atoms with Gasteiger partial charge in [-0.1, -0.05) is 6.07 Å². The lowest BCUT2D eigenvalue weighted by atomic mass is 10.1. The number of ether oxygens (including phenoxy) is 1. The van der Waals surface area contributed by atoms with Crippen molar-refractivity contribution >= 4 is 5.82 Å². The predicted molar refractivity (Wildman–Crippen MR) is 90.5 cm³/mol. The van der Waals surface area contributed by atoms with Crippen molar-refractivity contribution in [2.24, 2.45) is 0 Å². The fraction of sp³-hybridized carbons (Fsp3) is 0.389. The first-order valence-corrected chi connectivity index (χ1v) is 8.03. The van der Waals surface area contributed by atoms with E-state index in [4.69, 9.17) is 4.74 Å². The summed E-state index contributed by atoms with van der Waals surface area (Å²) in [6.45, 7) is 2.25. The van der Waals surface area contributed by atoms with Crippen LogP contribution in [0.5, 0.6) is 5.75 Å². The lowest BCUT2D eigenvalue weighted by molar-refractivity contribution is 0.00337. The number of anilines is 1. The summed E-state index contributed by atoms with van der Waals surface area (Å²) in [5, 5.41) is 13.8. The molecule has 0 radical (unpaired) electrons. The van der Waals surface area contributed by atoms with E-state index in [9.17, 15) is 9.50 Å². The molecule has 2 aromatic rings. The fourth-order valence-electron chi connectivity index (χ4n) is 2.97. The molecular formula is C18H22FN3O2. The molecule has 128 valence electrons. The average molecular weight is 331 g/mol. The van der Waals surface area contributed by atoms with E-state index in [0.29, 0.717) is 18.7 Å². The molecular weight excluding hydrogens is 309 g/mol. The minimum atomic E-state index is -0.892. The van der Waals surface area contributed by atoms with Gasteiger partial charge in [-0.2, -0.15) is 0 Å². The Kier molecular flexibility index (Phi) is 4.97. The van der Waals surface area contributed by atoms with Crippen molar-refractivity contribution in [1.29, 1.82) is 0 Å². The van der Waals surface area contributed by atoms with Gasteiger partial charge in [0.25, 0.3) is 0 Å². The second kappa shape index (κ2) is 7.15. The summed E-state index contributed by atoms with van der Waals surface area (Å²) in [5.74, 6) is 1.12. The predicted octanol–water partition coefficient (Wildman–Crippen LogP) is 2.28. The third-order valence-electron chi connectivity index (χ3n) is 4.25. The second-order valence-corrected chi connectivity index (χ2v) is 6.19. The van der Waals surface area contributed by atoms with Gasteiger partial charge in [-0.3, -0.25) is 4.90 Å². The van der Waals surface area contributed by atoms with Crippen molar-refractivity contribution in [1.82, 2.24) is 9.88 Å². The summed E-state index contributed by atoms with van der Waals surface area (Å²) in [4.78, 5) is 6.49. The van der Waals surface area contributed by atoms with E-state index in [2.05, 4.69) is 15.2 Å². The standard InChI is InChI=1S/C18H22FN3O2/c1-20-17-14(3-2-9-21-17)11-22-10-8-18(23,12-22)13-24-16-6-4-15(19)5-7-16/h2-7,9,23H,8,10-13H2,1H3,(H,20,21)/t18-/m1/s1. The highest BCUT2D eigenvalue weighted by Gasteiger charge is 2.37. The number of likely N-dealkylation sites (tertiary alicyclic amines) is 1. The van der Waals surface area contributed by atoms with E-state index in [1.165, 1.54) is 12.1 Å². The van der Waals surface area contributed by atoms with Gasteiger partial charge in [0.1, 0.15) is 29.6 Å². The van der Waals surface area contributed by atoms with Crippen molar-refractivity contribution in [3.63, 3.8) is 0 Å². The van der Waals surface area contributed by atoms with Gasteiger partial charge in [0.05, 0.1) is 0 Å². The van der Waals surface area contributed by atoms with Crippen LogP contribution in [0.15, 0.2) is 42.6 Å². The van der Waals surface area contributed by atoms with Crippen LogP contribution in [0.25, 0.3) is 0 Å².